The summed E-state index contributed by atoms with van der Waals surface area (Å²) in [5.41, 5.74) is 5.89. The van der Waals surface area contributed by atoms with Gasteiger partial charge in [-0.25, -0.2) is 0 Å². The van der Waals surface area contributed by atoms with Gasteiger partial charge in [0, 0.05) is 6.54 Å². The average molecular weight is 275 g/mol. The topological polar surface area (TPSA) is 134 Å². The second-order valence-corrected chi connectivity index (χ2v) is 4.05. The van der Waals surface area contributed by atoms with E-state index in [0.717, 1.165) is 0 Å². The summed E-state index contributed by atoms with van der Waals surface area (Å²) in [5.74, 6) is -2.52. The van der Waals surface area contributed by atoms with Crippen molar-refractivity contribution < 1.29 is 14.7 Å². The summed E-state index contributed by atoms with van der Waals surface area (Å²) in [4.78, 5) is 26.6. The van der Waals surface area contributed by atoms with Crippen molar-refractivity contribution in [2.75, 3.05) is 12.3 Å². The largest absolute Gasteiger partial charge is 0.481 e. The molecule has 0 aliphatic carbocycles. The SMILES string of the molecule is Nc1n[nH]c(C(=O)NCC(C(=O)O)c2ccccc2)n1. The van der Waals surface area contributed by atoms with Crippen LogP contribution in [0.15, 0.2) is 30.3 Å². The lowest BCUT2D eigenvalue weighted by molar-refractivity contribution is -0.138. The highest BCUT2D eigenvalue weighted by Gasteiger charge is 2.21. The maximum Gasteiger partial charge on any atom is 0.312 e. The Morgan fingerprint density at radius 1 is 1.35 bits per heavy atom. The first-order valence-electron chi connectivity index (χ1n) is 5.81. The van der Waals surface area contributed by atoms with Crippen molar-refractivity contribution in [2.45, 2.75) is 5.92 Å². The number of rotatable bonds is 5. The number of nitrogen functional groups attached to an aromatic ring is 1. The number of hydrogen-bond donors (Lipinski definition) is 4. The fourth-order valence-corrected chi connectivity index (χ4v) is 1.69. The Labute approximate surface area is 114 Å². The van der Waals surface area contributed by atoms with Gasteiger partial charge in [-0.1, -0.05) is 30.3 Å². The molecule has 104 valence electrons. The number of aromatic amines is 1. The Balaban J connectivity index is 2.03. The summed E-state index contributed by atoms with van der Waals surface area (Å²) in [6.45, 7) is -0.0568. The lowest BCUT2D eigenvalue weighted by atomic mass is 9.99. The van der Waals surface area contributed by atoms with Crippen molar-refractivity contribution in [3.63, 3.8) is 0 Å². The minimum absolute atomic E-state index is 0.0482. The van der Waals surface area contributed by atoms with Crippen LogP contribution in [0, 0.1) is 0 Å². The van der Waals surface area contributed by atoms with E-state index in [0.29, 0.717) is 5.56 Å². The fourth-order valence-electron chi connectivity index (χ4n) is 1.69. The number of nitrogens with one attached hydrogen (secondary N) is 2. The van der Waals surface area contributed by atoms with E-state index in [4.69, 9.17) is 5.73 Å². The molecule has 20 heavy (non-hydrogen) atoms. The molecule has 2 rings (SSSR count). The lowest BCUT2D eigenvalue weighted by Crippen LogP contribution is -2.32. The molecule has 1 heterocycles. The molecule has 8 nitrogen and oxygen atoms in total. The fraction of sp³-hybridized carbons (Fsp3) is 0.167. The van der Waals surface area contributed by atoms with Crippen molar-refractivity contribution in [2.24, 2.45) is 0 Å². The molecule has 0 spiro atoms. The van der Waals surface area contributed by atoms with E-state index in [9.17, 15) is 14.7 Å². The third-order valence-corrected chi connectivity index (χ3v) is 2.68. The van der Waals surface area contributed by atoms with E-state index in [1.54, 1.807) is 30.3 Å². The second kappa shape index (κ2) is 5.83. The summed E-state index contributed by atoms with van der Waals surface area (Å²) in [5, 5.41) is 17.6. The molecule has 0 fully saturated rings. The number of anilines is 1. The molecule has 0 saturated carbocycles. The zero-order valence-corrected chi connectivity index (χ0v) is 10.4. The molecule has 1 atom stereocenters. The standard InChI is InChI=1S/C12H13N5O3/c13-12-15-9(16-17-12)10(18)14-6-8(11(19)20)7-4-2-1-3-5-7/h1-5,8H,6H2,(H,14,18)(H,19,20)(H3,13,15,16,17). The number of benzene rings is 1. The number of carboxylic acid groups (broad SMARTS) is 1. The number of carboxylic acids is 1. The van der Waals surface area contributed by atoms with E-state index in [-0.39, 0.29) is 18.3 Å². The van der Waals surface area contributed by atoms with Crippen LogP contribution in [0.3, 0.4) is 0 Å². The third-order valence-electron chi connectivity index (χ3n) is 2.68. The van der Waals surface area contributed by atoms with Crippen LogP contribution < -0.4 is 11.1 Å². The molecule has 8 heteroatoms. The van der Waals surface area contributed by atoms with Gasteiger partial charge in [-0.05, 0) is 5.56 Å². The molecule has 1 unspecified atom stereocenters. The van der Waals surface area contributed by atoms with Crippen molar-refractivity contribution >= 4 is 17.8 Å². The molecular weight excluding hydrogens is 262 g/mol. The van der Waals surface area contributed by atoms with Gasteiger partial charge in [0.05, 0.1) is 5.92 Å². The van der Waals surface area contributed by atoms with Crippen molar-refractivity contribution in [1.82, 2.24) is 20.5 Å². The van der Waals surface area contributed by atoms with Crippen molar-refractivity contribution in [1.29, 1.82) is 0 Å². The average Bonchev–Trinajstić information content (AvgIpc) is 2.86. The van der Waals surface area contributed by atoms with Gasteiger partial charge in [-0.15, -0.1) is 5.10 Å². The highest BCUT2D eigenvalue weighted by Crippen LogP contribution is 2.14. The minimum atomic E-state index is -1.02. The van der Waals surface area contributed by atoms with Gasteiger partial charge in [0.2, 0.25) is 11.8 Å². The van der Waals surface area contributed by atoms with Gasteiger partial charge in [-0.3, -0.25) is 14.7 Å². The number of aliphatic carboxylic acids is 1. The first-order chi connectivity index (χ1) is 9.58. The molecule has 0 radical (unpaired) electrons. The Morgan fingerprint density at radius 2 is 2.05 bits per heavy atom. The van der Waals surface area contributed by atoms with Crippen LogP contribution in [-0.4, -0.2) is 38.7 Å². The molecule has 0 aliphatic rings. The third kappa shape index (κ3) is 3.10. The highest BCUT2D eigenvalue weighted by molar-refractivity contribution is 5.91. The van der Waals surface area contributed by atoms with Crippen LogP contribution in [0.5, 0.6) is 0 Å². The maximum absolute atomic E-state index is 11.7. The van der Waals surface area contributed by atoms with Gasteiger partial charge in [0.15, 0.2) is 0 Å². The second-order valence-electron chi connectivity index (χ2n) is 4.05. The Hall–Kier alpha value is -2.90. The summed E-state index contributed by atoms with van der Waals surface area (Å²) in [7, 11) is 0. The number of nitrogens with zero attached hydrogens (tertiary/aromatic N) is 2. The first-order valence-corrected chi connectivity index (χ1v) is 5.81. The molecular formula is C12H13N5O3. The van der Waals surface area contributed by atoms with Gasteiger partial charge >= 0.3 is 5.97 Å². The molecule has 0 bridgehead atoms. The van der Waals surface area contributed by atoms with E-state index >= 15 is 0 Å². The van der Waals surface area contributed by atoms with Crippen molar-refractivity contribution in [3.8, 4) is 0 Å². The van der Waals surface area contributed by atoms with Crippen LogP contribution in [0.25, 0.3) is 0 Å². The lowest BCUT2D eigenvalue weighted by Gasteiger charge is -2.13. The monoisotopic (exact) mass is 275 g/mol. The maximum atomic E-state index is 11.7. The van der Waals surface area contributed by atoms with Gasteiger partial charge in [0.1, 0.15) is 0 Å². The molecule has 5 N–H and O–H groups in total. The van der Waals surface area contributed by atoms with E-state index in [1.807, 2.05) is 0 Å². The minimum Gasteiger partial charge on any atom is -0.481 e. The number of hydrogen-bond acceptors (Lipinski definition) is 5. The molecule has 0 saturated heterocycles. The first kappa shape index (κ1) is 13.5. The van der Waals surface area contributed by atoms with Crippen LogP contribution in [0.2, 0.25) is 0 Å². The predicted molar refractivity (Wildman–Crippen MR) is 69.9 cm³/mol. The number of amides is 1. The summed E-state index contributed by atoms with van der Waals surface area (Å²) in [6.07, 6.45) is 0. The van der Waals surface area contributed by atoms with Crippen LogP contribution in [0.1, 0.15) is 22.1 Å². The van der Waals surface area contributed by atoms with Crippen LogP contribution in [-0.2, 0) is 4.79 Å². The molecule has 2 aromatic rings. The Bertz CT molecular complexity index is 611. The number of H-pyrrole nitrogens is 1. The van der Waals surface area contributed by atoms with Gasteiger partial charge < -0.3 is 16.2 Å². The molecule has 1 amide bonds. The number of aromatic nitrogens is 3. The summed E-state index contributed by atoms with van der Waals surface area (Å²) in [6, 6.07) is 8.65. The van der Waals surface area contributed by atoms with Gasteiger partial charge in [-0.2, -0.15) is 4.98 Å². The summed E-state index contributed by atoms with van der Waals surface area (Å²) >= 11 is 0. The Kier molecular flexibility index (Phi) is 3.94. The van der Waals surface area contributed by atoms with Gasteiger partial charge in [0.25, 0.3) is 5.91 Å². The smallest absolute Gasteiger partial charge is 0.312 e. The number of carbonyl (C=O) groups is 2. The quantitative estimate of drug-likeness (QED) is 0.606. The molecule has 1 aromatic heterocycles. The summed E-state index contributed by atoms with van der Waals surface area (Å²) < 4.78 is 0. The zero-order valence-electron chi connectivity index (χ0n) is 10.4. The normalized spacial score (nSPS) is 11.8. The molecule has 0 aliphatic heterocycles. The zero-order chi connectivity index (χ0) is 14.5. The van der Waals surface area contributed by atoms with Crippen LogP contribution in [0.4, 0.5) is 5.95 Å². The van der Waals surface area contributed by atoms with Crippen LogP contribution >= 0.6 is 0 Å². The van der Waals surface area contributed by atoms with E-state index in [1.165, 1.54) is 0 Å². The molecule has 1 aromatic carbocycles. The van der Waals surface area contributed by atoms with Crippen molar-refractivity contribution in [3.05, 3.63) is 41.7 Å². The number of nitrogens with two attached hydrogens (primary N) is 1. The highest BCUT2D eigenvalue weighted by atomic mass is 16.4. The van der Waals surface area contributed by atoms with E-state index in [2.05, 4.69) is 20.5 Å². The number of carbonyl (C=O) groups excluding carboxylic acids is 1. The Morgan fingerprint density at radius 3 is 2.60 bits per heavy atom. The van der Waals surface area contributed by atoms with E-state index < -0.39 is 17.8 Å². The predicted octanol–water partition coefficient (Wildman–Crippen LogP) is -0.0149.